The highest BCUT2D eigenvalue weighted by Crippen LogP contribution is 2.24. The lowest BCUT2D eigenvalue weighted by Crippen LogP contribution is -2.37. The Morgan fingerprint density at radius 2 is 1.71 bits per heavy atom. The third-order valence-electron chi connectivity index (χ3n) is 6.70. The van der Waals surface area contributed by atoms with Crippen molar-refractivity contribution >= 4 is 15.7 Å². The standard InChI is InChI=1S/C27H39N3O4S/c1-4-29(17-5-6-18-30-19-7-16-28-21-27(30)31)22(2)20-23-8-12-25(13-9-23)35(32,33)26-14-10-24(34-3)11-15-26/h8-15,22,28H,4-7,16-21H2,1-3H3. The van der Waals surface area contributed by atoms with E-state index >= 15 is 0 Å². The number of ether oxygens (including phenoxy) is 1. The van der Waals surface area contributed by atoms with Crippen molar-refractivity contribution in [2.45, 2.75) is 55.4 Å². The molecule has 1 unspecified atom stereocenters. The summed E-state index contributed by atoms with van der Waals surface area (Å²) in [7, 11) is -2.00. The van der Waals surface area contributed by atoms with Gasteiger partial charge in [-0.05, 0) is 94.2 Å². The fourth-order valence-electron chi connectivity index (χ4n) is 4.54. The molecule has 1 fully saturated rings. The highest BCUT2D eigenvalue weighted by Gasteiger charge is 2.19. The summed E-state index contributed by atoms with van der Waals surface area (Å²) in [6.07, 6.45) is 3.93. The lowest BCUT2D eigenvalue weighted by Gasteiger charge is -2.28. The second-order valence-corrected chi connectivity index (χ2v) is 11.1. The molecular formula is C27H39N3O4S. The maximum Gasteiger partial charge on any atom is 0.236 e. The van der Waals surface area contributed by atoms with Crippen LogP contribution in [-0.2, 0) is 21.1 Å². The van der Waals surface area contributed by atoms with E-state index in [2.05, 4.69) is 24.1 Å². The van der Waals surface area contributed by atoms with E-state index in [1.54, 1.807) is 43.5 Å². The van der Waals surface area contributed by atoms with Crippen LogP contribution < -0.4 is 10.1 Å². The molecule has 2 aromatic rings. The quantitative estimate of drug-likeness (QED) is 0.449. The van der Waals surface area contributed by atoms with Gasteiger partial charge in [0.1, 0.15) is 5.75 Å². The fourth-order valence-corrected chi connectivity index (χ4v) is 5.80. The van der Waals surface area contributed by atoms with E-state index in [9.17, 15) is 13.2 Å². The topological polar surface area (TPSA) is 79.0 Å². The average molecular weight is 502 g/mol. The van der Waals surface area contributed by atoms with Crippen LogP contribution in [0.3, 0.4) is 0 Å². The smallest absolute Gasteiger partial charge is 0.236 e. The van der Waals surface area contributed by atoms with Gasteiger partial charge in [0.2, 0.25) is 15.7 Å². The molecule has 0 radical (unpaired) electrons. The highest BCUT2D eigenvalue weighted by molar-refractivity contribution is 7.91. The molecule has 0 aliphatic carbocycles. The minimum Gasteiger partial charge on any atom is -0.497 e. The van der Waals surface area contributed by atoms with E-state index < -0.39 is 9.84 Å². The Kier molecular flexibility index (Phi) is 10.1. The summed E-state index contributed by atoms with van der Waals surface area (Å²) >= 11 is 0. The van der Waals surface area contributed by atoms with Crippen LogP contribution in [0.2, 0.25) is 0 Å². The number of nitrogens with one attached hydrogen (secondary N) is 1. The number of benzene rings is 2. The third-order valence-corrected chi connectivity index (χ3v) is 8.48. The monoisotopic (exact) mass is 501 g/mol. The molecule has 2 aromatic carbocycles. The molecule has 35 heavy (non-hydrogen) atoms. The van der Waals surface area contributed by atoms with Gasteiger partial charge in [0.05, 0.1) is 23.4 Å². The van der Waals surface area contributed by atoms with Gasteiger partial charge in [-0.3, -0.25) is 4.79 Å². The van der Waals surface area contributed by atoms with Gasteiger partial charge in [-0.2, -0.15) is 0 Å². The van der Waals surface area contributed by atoms with E-state index in [0.29, 0.717) is 23.2 Å². The zero-order chi connectivity index (χ0) is 25.3. The Balaban J connectivity index is 1.51. The van der Waals surface area contributed by atoms with Crippen molar-refractivity contribution in [2.75, 3.05) is 46.4 Å². The number of carbonyl (C=O) groups is 1. The van der Waals surface area contributed by atoms with Crippen LogP contribution in [0.15, 0.2) is 58.3 Å². The van der Waals surface area contributed by atoms with Gasteiger partial charge in [0.15, 0.2) is 0 Å². The molecular weight excluding hydrogens is 462 g/mol. The molecule has 8 heteroatoms. The Labute approximate surface area is 210 Å². The number of rotatable bonds is 12. The minimum absolute atomic E-state index is 0.209. The van der Waals surface area contributed by atoms with Crippen molar-refractivity contribution in [3.63, 3.8) is 0 Å². The predicted molar refractivity (Wildman–Crippen MR) is 139 cm³/mol. The SMILES string of the molecule is CCN(CCCCN1CCCNCC1=O)C(C)Cc1ccc(S(=O)(=O)c2ccc(OC)cc2)cc1. The van der Waals surface area contributed by atoms with Crippen LogP contribution in [0.1, 0.15) is 38.7 Å². The summed E-state index contributed by atoms with van der Waals surface area (Å²) in [4.78, 5) is 17.1. The second kappa shape index (κ2) is 13.0. The summed E-state index contributed by atoms with van der Waals surface area (Å²) < 4.78 is 31.0. The summed E-state index contributed by atoms with van der Waals surface area (Å²) in [5.74, 6) is 0.835. The molecule has 7 nitrogen and oxygen atoms in total. The van der Waals surface area contributed by atoms with E-state index in [1.165, 1.54) is 0 Å². The first-order chi connectivity index (χ1) is 16.8. The van der Waals surface area contributed by atoms with Crippen molar-refractivity contribution in [1.82, 2.24) is 15.1 Å². The first-order valence-electron chi connectivity index (χ1n) is 12.6. The van der Waals surface area contributed by atoms with Crippen LogP contribution >= 0.6 is 0 Å². The third kappa shape index (κ3) is 7.53. The molecule has 1 aliphatic rings. The van der Waals surface area contributed by atoms with Crippen molar-refractivity contribution in [3.05, 3.63) is 54.1 Å². The van der Waals surface area contributed by atoms with Crippen LogP contribution in [0.4, 0.5) is 0 Å². The number of nitrogens with zero attached hydrogens (tertiary/aromatic N) is 2. The molecule has 192 valence electrons. The zero-order valence-electron chi connectivity index (χ0n) is 21.2. The average Bonchev–Trinajstić information content (AvgIpc) is 3.08. The molecule has 1 atom stereocenters. The van der Waals surface area contributed by atoms with Crippen LogP contribution in [-0.4, -0.2) is 76.5 Å². The fraction of sp³-hybridized carbons (Fsp3) is 0.519. The molecule has 0 bridgehead atoms. The Bertz CT molecular complexity index is 1040. The molecule has 0 aromatic heterocycles. The van der Waals surface area contributed by atoms with Gasteiger partial charge in [-0.15, -0.1) is 0 Å². The molecule has 1 aliphatic heterocycles. The Hall–Kier alpha value is -2.42. The van der Waals surface area contributed by atoms with Crippen LogP contribution in [0, 0.1) is 0 Å². The Morgan fingerprint density at radius 3 is 2.34 bits per heavy atom. The summed E-state index contributed by atoms with van der Waals surface area (Å²) in [5, 5.41) is 3.17. The molecule has 1 amide bonds. The maximum absolute atomic E-state index is 12.9. The number of likely N-dealkylation sites (N-methyl/N-ethyl adjacent to an activating group) is 1. The number of unbranched alkanes of at least 4 members (excludes halogenated alkanes) is 1. The lowest BCUT2D eigenvalue weighted by atomic mass is 10.1. The number of methoxy groups -OCH3 is 1. The lowest BCUT2D eigenvalue weighted by molar-refractivity contribution is -0.129. The van der Waals surface area contributed by atoms with E-state index in [0.717, 1.165) is 64.0 Å². The van der Waals surface area contributed by atoms with E-state index in [1.807, 2.05) is 17.0 Å². The summed E-state index contributed by atoms with van der Waals surface area (Å²) in [6.45, 7) is 9.39. The maximum atomic E-state index is 12.9. The van der Waals surface area contributed by atoms with Crippen LogP contribution in [0.25, 0.3) is 0 Å². The number of hydrogen-bond acceptors (Lipinski definition) is 6. The van der Waals surface area contributed by atoms with Gasteiger partial charge in [-0.25, -0.2) is 8.42 Å². The molecule has 0 spiro atoms. The van der Waals surface area contributed by atoms with Crippen molar-refractivity contribution < 1.29 is 17.9 Å². The minimum atomic E-state index is -3.56. The number of hydrogen-bond donors (Lipinski definition) is 1. The predicted octanol–water partition coefficient (Wildman–Crippen LogP) is 3.38. The molecule has 3 rings (SSSR count). The zero-order valence-corrected chi connectivity index (χ0v) is 22.0. The van der Waals surface area contributed by atoms with Crippen molar-refractivity contribution in [3.8, 4) is 5.75 Å². The molecule has 0 saturated carbocycles. The molecule has 1 N–H and O–H groups in total. The summed E-state index contributed by atoms with van der Waals surface area (Å²) in [5.41, 5.74) is 1.12. The molecule has 1 saturated heterocycles. The largest absolute Gasteiger partial charge is 0.497 e. The number of carbonyl (C=O) groups excluding carboxylic acids is 1. The Morgan fingerprint density at radius 1 is 1.06 bits per heavy atom. The number of sulfone groups is 1. The molecule has 1 heterocycles. The summed E-state index contributed by atoms with van der Waals surface area (Å²) in [6, 6.07) is 14.0. The first-order valence-corrected chi connectivity index (χ1v) is 14.0. The van der Waals surface area contributed by atoms with Gasteiger partial charge in [0, 0.05) is 19.1 Å². The second-order valence-electron chi connectivity index (χ2n) is 9.12. The van der Waals surface area contributed by atoms with Crippen LogP contribution in [0.5, 0.6) is 5.75 Å². The van der Waals surface area contributed by atoms with E-state index in [4.69, 9.17) is 4.74 Å². The van der Waals surface area contributed by atoms with E-state index in [-0.39, 0.29) is 10.8 Å². The number of amides is 1. The van der Waals surface area contributed by atoms with Crippen molar-refractivity contribution in [1.29, 1.82) is 0 Å². The normalized spacial score (nSPS) is 15.8. The van der Waals surface area contributed by atoms with Crippen molar-refractivity contribution in [2.24, 2.45) is 0 Å². The highest BCUT2D eigenvalue weighted by atomic mass is 32.2. The first kappa shape index (κ1) is 27.2. The van der Waals surface area contributed by atoms with Gasteiger partial charge >= 0.3 is 0 Å². The van der Waals surface area contributed by atoms with Gasteiger partial charge in [-0.1, -0.05) is 19.1 Å². The van der Waals surface area contributed by atoms with Gasteiger partial charge < -0.3 is 19.9 Å². The van der Waals surface area contributed by atoms with Gasteiger partial charge in [0.25, 0.3) is 0 Å².